The third-order valence-electron chi connectivity index (χ3n) is 5.64. The fraction of sp³-hybridized carbons (Fsp3) is 0.800. The first-order chi connectivity index (χ1) is 8.86. The fourth-order valence-corrected chi connectivity index (χ4v) is 4.82. The molecule has 4 rings (SSSR count). The number of allylic oxidation sites excluding steroid dienone is 2. The summed E-state index contributed by atoms with van der Waals surface area (Å²) in [7, 11) is 0. The molecular formula is C15H22N2O. The van der Waals surface area contributed by atoms with Gasteiger partial charge < -0.3 is 10.2 Å². The Balaban J connectivity index is 1.55. The number of hydrogen-bond donors (Lipinski definition) is 1. The zero-order valence-electron chi connectivity index (χ0n) is 10.8. The van der Waals surface area contributed by atoms with Crippen molar-refractivity contribution in [2.24, 2.45) is 17.8 Å². The average Bonchev–Trinajstić information content (AvgIpc) is 3.10. The third-order valence-corrected chi connectivity index (χ3v) is 5.64. The Morgan fingerprint density at radius 3 is 2.39 bits per heavy atom. The van der Waals surface area contributed by atoms with Crippen LogP contribution in [0.3, 0.4) is 0 Å². The lowest BCUT2D eigenvalue weighted by Gasteiger charge is -2.29. The standard InChI is InChI=1S/C15H22N2O/c18-15(10-4-2-1-3-5-10)17-13-6-7-14(17)12-9-16-8-11(12)13/h1-2,10-14,16H,3-9H2. The van der Waals surface area contributed by atoms with Crippen molar-refractivity contribution in [2.45, 2.75) is 44.2 Å². The molecule has 2 bridgehead atoms. The van der Waals surface area contributed by atoms with Gasteiger partial charge in [0.15, 0.2) is 0 Å². The molecule has 1 amide bonds. The van der Waals surface area contributed by atoms with Crippen molar-refractivity contribution in [2.75, 3.05) is 13.1 Å². The highest BCUT2D eigenvalue weighted by molar-refractivity contribution is 5.80. The first kappa shape index (κ1) is 11.0. The number of nitrogens with one attached hydrogen (secondary N) is 1. The van der Waals surface area contributed by atoms with Gasteiger partial charge in [0.1, 0.15) is 0 Å². The van der Waals surface area contributed by atoms with Gasteiger partial charge in [-0.15, -0.1) is 0 Å². The van der Waals surface area contributed by atoms with E-state index in [2.05, 4.69) is 22.4 Å². The summed E-state index contributed by atoms with van der Waals surface area (Å²) < 4.78 is 0. The molecule has 4 aliphatic rings. The molecule has 0 aromatic carbocycles. The molecule has 0 radical (unpaired) electrons. The summed E-state index contributed by atoms with van der Waals surface area (Å²) in [6.45, 7) is 2.28. The van der Waals surface area contributed by atoms with Crippen LogP contribution in [0.25, 0.3) is 0 Å². The number of carbonyl (C=O) groups excluding carboxylic acids is 1. The Hall–Kier alpha value is -0.830. The molecule has 3 saturated heterocycles. The second kappa shape index (κ2) is 4.09. The summed E-state index contributed by atoms with van der Waals surface area (Å²) in [6.07, 6.45) is 10.1. The number of carbonyl (C=O) groups is 1. The van der Waals surface area contributed by atoms with E-state index in [0.29, 0.717) is 18.0 Å². The van der Waals surface area contributed by atoms with E-state index in [9.17, 15) is 4.79 Å². The van der Waals surface area contributed by atoms with Crippen molar-refractivity contribution in [3.05, 3.63) is 12.2 Å². The molecular weight excluding hydrogens is 224 g/mol. The van der Waals surface area contributed by atoms with Crippen LogP contribution in [0.5, 0.6) is 0 Å². The van der Waals surface area contributed by atoms with E-state index in [1.165, 1.54) is 12.8 Å². The minimum Gasteiger partial charge on any atom is -0.336 e. The Morgan fingerprint density at radius 2 is 1.78 bits per heavy atom. The highest BCUT2D eigenvalue weighted by Gasteiger charge is 2.56. The van der Waals surface area contributed by atoms with E-state index in [0.717, 1.165) is 44.2 Å². The number of fused-ring (bicyclic) bond motifs is 5. The van der Waals surface area contributed by atoms with Crippen LogP contribution in [0.2, 0.25) is 0 Å². The van der Waals surface area contributed by atoms with Gasteiger partial charge in [-0.05, 0) is 43.9 Å². The molecule has 1 N–H and O–H groups in total. The lowest BCUT2D eigenvalue weighted by atomic mass is 9.82. The minimum absolute atomic E-state index is 0.282. The lowest BCUT2D eigenvalue weighted by Crippen LogP contribution is -2.42. The van der Waals surface area contributed by atoms with Crippen LogP contribution >= 0.6 is 0 Å². The van der Waals surface area contributed by atoms with E-state index in [1.807, 2.05) is 0 Å². The number of nitrogens with zero attached hydrogens (tertiary/aromatic N) is 1. The maximum Gasteiger partial charge on any atom is 0.226 e. The molecule has 3 heterocycles. The third kappa shape index (κ3) is 1.43. The summed E-state index contributed by atoms with van der Waals surface area (Å²) in [5, 5.41) is 3.51. The van der Waals surface area contributed by atoms with Crippen LogP contribution in [-0.4, -0.2) is 36.0 Å². The molecule has 3 fully saturated rings. The van der Waals surface area contributed by atoms with Crippen molar-refractivity contribution in [3.63, 3.8) is 0 Å². The van der Waals surface area contributed by atoms with Crippen molar-refractivity contribution in [3.8, 4) is 0 Å². The van der Waals surface area contributed by atoms with Gasteiger partial charge in [0.05, 0.1) is 0 Å². The van der Waals surface area contributed by atoms with E-state index in [1.54, 1.807) is 0 Å². The van der Waals surface area contributed by atoms with Gasteiger partial charge in [-0.3, -0.25) is 4.79 Å². The maximum absolute atomic E-state index is 12.8. The van der Waals surface area contributed by atoms with Gasteiger partial charge in [0, 0.05) is 31.1 Å². The van der Waals surface area contributed by atoms with Crippen LogP contribution in [0.15, 0.2) is 12.2 Å². The number of rotatable bonds is 1. The highest BCUT2D eigenvalue weighted by Crippen LogP contribution is 2.48. The quantitative estimate of drug-likeness (QED) is 0.712. The molecule has 5 atom stereocenters. The molecule has 18 heavy (non-hydrogen) atoms. The zero-order valence-corrected chi connectivity index (χ0v) is 10.8. The van der Waals surface area contributed by atoms with Crippen LogP contribution in [0.4, 0.5) is 0 Å². The first-order valence-corrected chi connectivity index (χ1v) is 7.54. The number of amides is 1. The first-order valence-electron chi connectivity index (χ1n) is 7.54. The topological polar surface area (TPSA) is 32.3 Å². The molecule has 0 aromatic rings. The number of hydrogen-bond acceptors (Lipinski definition) is 2. The van der Waals surface area contributed by atoms with E-state index < -0.39 is 0 Å². The molecule has 0 spiro atoms. The van der Waals surface area contributed by atoms with Crippen molar-refractivity contribution < 1.29 is 4.79 Å². The van der Waals surface area contributed by atoms with E-state index >= 15 is 0 Å². The van der Waals surface area contributed by atoms with E-state index in [-0.39, 0.29) is 5.92 Å². The van der Waals surface area contributed by atoms with Crippen LogP contribution in [-0.2, 0) is 4.79 Å². The van der Waals surface area contributed by atoms with Gasteiger partial charge >= 0.3 is 0 Å². The Bertz CT molecular complexity index is 374. The summed E-state index contributed by atoms with van der Waals surface area (Å²) in [5.74, 6) is 2.27. The minimum atomic E-state index is 0.282. The monoisotopic (exact) mass is 246 g/mol. The van der Waals surface area contributed by atoms with Crippen LogP contribution < -0.4 is 5.32 Å². The SMILES string of the molecule is O=C(C1CC=CCC1)N1C2CCC1C1CNCC12. The van der Waals surface area contributed by atoms with Crippen LogP contribution in [0, 0.1) is 17.8 Å². The Morgan fingerprint density at radius 1 is 1.06 bits per heavy atom. The summed E-state index contributed by atoms with van der Waals surface area (Å²) in [4.78, 5) is 15.1. The van der Waals surface area contributed by atoms with Gasteiger partial charge in [0.25, 0.3) is 0 Å². The molecule has 98 valence electrons. The van der Waals surface area contributed by atoms with Gasteiger partial charge in [0.2, 0.25) is 5.91 Å². The zero-order chi connectivity index (χ0) is 12.1. The normalized spacial score (nSPS) is 45.6. The van der Waals surface area contributed by atoms with Crippen LogP contribution in [0.1, 0.15) is 32.1 Å². The van der Waals surface area contributed by atoms with Gasteiger partial charge in [-0.2, -0.15) is 0 Å². The highest BCUT2D eigenvalue weighted by atomic mass is 16.2. The summed E-state index contributed by atoms with van der Waals surface area (Å²) in [5.41, 5.74) is 0. The summed E-state index contributed by atoms with van der Waals surface area (Å²) in [6, 6.07) is 1.13. The van der Waals surface area contributed by atoms with E-state index in [4.69, 9.17) is 0 Å². The maximum atomic E-state index is 12.8. The average molecular weight is 246 g/mol. The lowest BCUT2D eigenvalue weighted by molar-refractivity contribution is -0.137. The summed E-state index contributed by atoms with van der Waals surface area (Å²) >= 11 is 0. The van der Waals surface area contributed by atoms with Gasteiger partial charge in [-0.25, -0.2) is 0 Å². The molecule has 3 nitrogen and oxygen atoms in total. The second-order valence-electron chi connectivity index (χ2n) is 6.42. The molecule has 0 saturated carbocycles. The Kier molecular flexibility index (Phi) is 2.51. The second-order valence-corrected chi connectivity index (χ2v) is 6.42. The molecule has 1 aliphatic carbocycles. The predicted molar refractivity (Wildman–Crippen MR) is 70.0 cm³/mol. The molecule has 3 aliphatic heterocycles. The molecule has 3 heteroatoms. The van der Waals surface area contributed by atoms with Crippen molar-refractivity contribution >= 4 is 5.91 Å². The smallest absolute Gasteiger partial charge is 0.226 e. The largest absolute Gasteiger partial charge is 0.336 e. The Labute approximate surface area is 109 Å². The van der Waals surface area contributed by atoms with Gasteiger partial charge in [-0.1, -0.05) is 12.2 Å². The van der Waals surface area contributed by atoms with Crippen molar-refractivity contribution in [1.29, 1.82) is 0 Å². The van der Waals surface area contributed by atoms with Crippen molar-refractivity contribution in [1.82, 2.24) is 10.2 Å². The molecule has 5 unspecified atom stereocenters. The predicted octanol–water partition coefficient (Wildman–Crippen LogP) is 1.55. The fourth-order valence-electron chi connectivity index (χ4n) is 4.82. The molecule has 0 aromatic heterocycles.